The molecule has 2 unspecified atom stereocenters. The van der Waals surface area contributed by atoms with E-state index in [1.54, 1.807) is 13.8 Å². The first-order valence-electron chi connectivity index (χ1n) is 21.4. The third-order valence-corrected chi connectivity index (χ3v) is 17.7. The zero-order valence-corrected chi connectivity index (χ0v) is 36.5. The molecule has 1 heterocycles. The van der Waals surface area contributed by atoms with Gasteiger partial charge in [0.15, 0.2) is 5.78 Å². The number of Topliss-reactive ketones (excluding diaryl/α,β-unsaturated/α-hetero) is 1. The molecule has 0 aromatic heterocycles. The maximum Gasteiger partial charge on any atom is 0.309 e. The van der Waals surface area contributed by atoms with Gasteiger partial charge in [-0.3, -0.25) is 24.1 Å². The highest BCUT2D eigenvalue weighted by atomic mass is 35.5. The Morgan fingerprint density at radius 3 is 2.25 bits per heavy atom. The van der Waals surface area contributed by atoms with Crippen molar-refractivity contribution in [3.05, 3.63) is 46.0 Å². The Hall–Kier alpha value is -2.71. The molecule has 308 valence electrons. The van der Waals surface area contributed by atoms with Crippen molar-refractivity contribution >= 4 is 35.2 Å². The van der Waals surface area contributed by atoms with Crippen molar-refractivity contribution in [2.45, 2.75) is 145 Å². The summed E-state index contributed by atoms with van der Waals surface area (Å²) in [4.78, 5) is 57.6. The molecule has 1 aromatic carbocycles. The molecule has 5 fully saturated rings. The molecule has 1 amide bonds. The second kappa shape index (κ2) is 14.0. The van der Waals surface area contributed by atoms with Crippen molar-refractivity contribution in [2.24, 2.45) is 56.2 Å². The van der Waals surface area contributed by atoms with Gasteiger partial charge in [-0.15, -0.1) is 0 Å². The molecule has 0 spiro atoms. The molecule has 1 saturated heterocycles. The fourth-order valence-electron chi connectivity index (χ4n) is 14.3. The van der Waals surface area contributed by atoms with E-state index in [1.165, 1.54) is 5.57 Å². The number of carbonyl (C=O) groups excluding carboxylic acids is 3. The van der Waals surface area contributed by atoms with Gasteiger partial charge in [0.2, 0.25) is 5.91 Å². The van der Waals surface area contributed by atoms with Crippen molar-refractivity contribution in [3.8, 4) is 0 Å². The topological polar surface area (TPSA) is 104 Å². The second-order valence-corrected chi connectivity index (χ2v) is 21.8. The fraction of sp³-hybridized carbons (Fsp3) is 0.745. The van der Waals surface area contributed by atoms with Crippen LogP contribution in [0.5, 0.6) is 0 Å². The molecule has 1 aromatic rings. The first-order valence-corrected chi connectivity index (χ1v) is 21.8. The summed E-state index contributed by atoms with van der Waals surface area (Å²) in [6, 6.07) is 7.84. The standard InChI is InChI=1S/C47H67ClN2O6/c1-28(2)39-32(51)23-47(35-26-50(27-37(52)49(35)10)25-29-11-13-30(48)14-12-29)22-21-45(8)31(40(39)47)15-16-34-44(7)19-18-36(56-38(53)24-42(3,4)41(54)55)43(5,6)33(44)17-20-46(34,45)9/h11-14,28,31,33-36H,15-27H2,1-10H3,(H,54,55)/t31-,33+,34-,35?,36?,44+,45-,46-,47+/m1/s1. The quantitative estimate of drug-likeness (QED) is 0.262. The number of piperazine rings is 1. The Balaban J connectivity index is 1.19. The normalized spacial score (nSPS) is 38.5. The number of ketones is 1. The molecule has 6 aliphatic rings. The van der Waals surface area contributed by atoms with Gasteiger partial charge in [-0.05, 0) is 128 Å². The van der Waals surface area contributed by atoms with Gasteiger partial charge in [0.25, 0.3) is 0 Å². The molecule has 4 saturated carbocycles. The largest absolute Gasteiger partial charge is 0.481 e. The number of carboxylic acid groups (broad SMARTS) is 1. The van der Waals surface area contributed by atoms with E-state index in [0.717, 1.165) is 69.0 Å². The van der Waals surface area contributed by atoms with E-state index in [4.69, 9.17) is 16.3 Å². The van der Waals surface area contributed by atoms with Crippen LogP contribution in [0, 0.1) is 56.2 Å². The lowest BCUT2D eigenvalue weighted by Gasteiger charge is -2.72. The Kier molecular flexibility index (Phi) is 10.3. The third kappa shape index (κ3) is 6.23. The van der Waals surface area contributed by atoms with Gasteiger partial charge in [-0.1, -0.05) is 77.8 Å². The monoisotopic (exact) mass is 790 g/mol. The summed E-state index contributed by atoms with van der Waals surface area (Å²) in [5.74, 6) is 0.250. The molecular formula is C47H67ClN2O6. The van der Waals surface area contributed by atoms with Crippen LogP contribution in [-0.4, -0.2) is 70.8 Å². The van der Waals surface area contributed by atoms with Gasteiger partial charge < -0.3 is 14.7 Å². The maximum absolute atomic E-state index is 14.4. The summed E-state index contributed by atoms with van der Waals surface area (Å²) in [7, 11) is 1.98. The average molecular weight is 792 g/mol. The summed E-state index contributed by atoms with van der Waals surface area (Å²) in [5, 5.41) is 10.4. The van der Waals surface area contributed by atoms with Crippen molar-refractivity contribution < 1.29 is 29.0 Å². The predicted molar refractivity (Wildman–Crippen MR) is 219 cm³/mol. The number of allylic oxidation sites excluding steroid dienone is 1. The fourth-order valence-corrected chi connectivity index (χ4v) is 14.5. The molecule has 0 bridgehead atoms. The van der Waals surface area contributed by atoms with E-state index < -0.39 is 17.4 Å². The molecule has 5 aliphatic carbocycles. The number of hydrogen-bond donors (Lipinski definition) is 1. The van der Waals surface area contributed by atoms with Crippen LogP contribution in [0.3, 0.4) is 0 Å². The summed E-state index contributed by atoms with van der Waals surface area (Å²) in [6.45, 7) is 21.6. The highest BCUT2D eigenvalue weighted by Gasteiger charge is 2.71. The van der Waals surface area contributed by atoms with Gasteiger partial charge in [0.05, 0.1) is 24.4 Å². The number of carboxylic acids is 1. The third-order valence-electron chi connectivity index (χ3n) is 17.5. The Morgan fingerprint density at radius 1 is 0.929 bits per heavy atom. The Morgan fingerprint density at radius 2 is 1.61 bits per heavy atom. The maximum atomic E-state index is 14.4. The molecule has 1 N–H and O–H groups in total. The minimum atomic E-state index is -1.17. The minimum absolute atomic E-state index is 0.0103. The van der Waals surface area contributed by atoms with Crippen LogP contribution in [0.4, 0.5) is 0 Å². The number of fused-ring (bicyclic) bond motifs is 7. The molecule has 56 heavy (non-hydrogen) atoms. The van der Waals surface area contributed by atoms with Crippen LogP contribution < -0.4 is 0 Å². The van der Waals surface area contributed by atoms with E-state index in [-0.39, 0.29) is 63.4 Å². The highest BCUT2D eigenvalue weighted by molar-refractivity contribution is 6.30. The van der Waals surface area contributed by atoms with Gasteiger partial charge in [-0.25, -0.2) is 0 Å². The number of esters is 1. The molecule has 9 atom stereocenters. The summed E-state index contributed by atoms with van der Waals surface area (Å²) in [6.07, 6.45) is 8.08. The van der Waals surface area contributed by atoms with E-state index in [1.807, 2.05) is 36.2 Å². The second-order valence-electron chi connectivity index (χ2n) is 21.4. The van der Waals surface area contributed by atoms with Crippen molar-refractivity contribution in [3.63, 3.8) is 0 Å². The Bertz CT molecular complexity index is 1820. The smallest absolute Gasteiger partial charge is 0.309 e. The lowest BCUT2D eigenvalue weighted by Crippen LogP contribution is -2.67. The van der Waals surface area contributed by atoms with E-state index >= 15 is 0 Å². The van der Waals surface area contributed by atoms with Crippen LogP contribution in [0.15, 0.2) is 35.4 Å². The van der Waals surface area contributed by atoms with E-state index in [2.05, 4.69) is 53.4 Å². The molecule has 8 nitrogen and oxygen atoms in total. The number of ether oxygens (including phenoxy) is 1. The van der Waals surface area contributed by atoms with Crippen LogP contribution in [0.1, 0.15) is 132 Å². The average Bonchev–Trinajstić information content (AvgIpc) is 3.41. The van der Waals surface area contributed by atoms with Crippen molar-refractivity contribution in [1.82, 2.24) is 9.80 Å². The van der Waals surface area contributed by atoms with E-state index in [0.29, 0.717) is 42.2 Å². The molecule has 7 rings (SSSR count). The molecule has 1 aliphatic heterocycles. The van der Waals surface area contributed by atoms with Gasteiger partial charge >= 0.3 is 11.9 Å². The Labute approximate surface area is 340 Å². The van der Waals surface area contributed by atoms with Gasteiger partial charge in [0.1, 0.15) is 6.10 Å². The van der Waals surface area contributed by atoms with Crippen LogP contribution in [0.25, 0.3) is 0 Å². The van der Waals surface area contributed by atoms with Crippen LogP contribution in [-0.2, 0) is 30.5 Å². The zero-order chi connectivity index (χ0) is 41.0. The van der Waals surface area contributed by atoms with Crippen molar-refractivity contribution in [1.29, 1.82) is 0 Å². The van der Waals surface area contributed by atoms with Crippen molar-refractivity contribution in [2.75, 3.05) is 20.1 Å². The number of nitrogens with zero attached hydrogens (tertiary/aromatic N) is 2. The van der Waals surface area contributed by atoms with Gasteiger partial charge in [0, 0.05) is 42.4 Å². The first-order chi connectivity index (χ1) is 26.0. The highest BCUT2D eigenvalue weighted by Crippen LogP contribution is 2.77. The minimum Gasteiger partial charge on any atom is -0.481 e. The zero-order valence-electron chi connectivity index (χ0n) is 35.7. The first kappa shape index (κ1) is 41.4. The molecule has 9 heteroatoms. The van der Waals surface area contributed by atoms with Crippen LogP contribution in [0.2, 0.25) is 5.02 Å². The summed E-state index contributed by atoms with van der Waals surface area (Å²) < 4.78 is 6.20. The number of hydrogen-bond acceptors (Lipinski definition) is 6. The molecule has 0 radical (unpaired) electrons. The number of likely N-dealkylation sites (N-methyl/N-ethyl adjacent to an activating group) is 1. The number of amides is 1. The number of carbonyl (C=O) groups is 4. The van der Waals surface area contributed by atoms with Gasteiger partial charge in [-0.2, -0.15) is 0 Å². The summed E-state index contributed by atoms with van der Waals surface area (Å²) in [5.41, 5.74) is 1.89. The predicted octanol–water partition coefficient (Wildman–Crippen LogP) is 9.38. The number of benzene rings is 1. The van der Waals surface area contributed by atoms with Crippen LogP contribution >= 0.6 is 11.6 Å². The lowest BCUT2D eigenvalue weighted by atomic mass is 9.32. The SMILES string of the molecule is CC(C)C1=C2[C@H]3CC[C@@H]4[C@@]5(C)CCC(OC(=O)CC(C)(C)C(=O)O)C(C)(C)[C@@H]5CC[C@@]4(C)[C@]3(C)CC[C@@]2(C2CN(Cc3ccc(Cl)cc3)CC(=O)N2C)CC1=O. The summed E-state index contributed by atoms with van der Waals surface area (Å²) >= 11 is 6.21. The number of halogens is 1. The number of rotatable bonds is 8. The van der Waals surface area contributed by atoms with E-state index in [9.17, 15) is 24.3 Å². The molecular weight excluding hydrogens is 724 g/mol. The number of aliphatic carboxylic acids is 1. The lowest BCUT2D eigenvalue weighted by molar-refractivity contribution is -0.234.